The molecule has 0 radical (unpaired) electrons. The third-order valence-electron chi connectivity index (χ3n) is 3.44. The van der Waals surface area contributed by atoms with Crippen LogP contribution in [0.5, 0.6) is 0 Å². The quantitative estimate of drug-likeness (QED) is 0.355. The van der Waals surface area contributed by atoms with Crippen molar-refractivity contribution in [2.75, 3.05) is 6.61 Å². The monoisotopic (exact) mass is 260 g/mol. The van der Waals surface area contributed by atoms with Crippen LogP contribution in [0.25, 0.3) is 0 Å². The van der Waals surface area contributed by atoms with Crippen molar-refractivity contribution in [3.63, 3.8) is 0 Å². The summed E-state index contributed by atoms with van der Waals surface area (Å²) in [7, 11) is 0. The Morgan fingerprint density at radius 3 is 2.00 bits per heavy atom. The van der Waals surface area contributed by atoms with Gasteiger partial charge in [-0.15, -0.1) is 0 Å². The summed E-state index contributed by atoms with van der Waals surface area (Å²) >= 11 is 0. The SMILES string of the molecule is C=COCCCCCCCCCCc1ccccc1. The minimum atomic E-state index is 0.834. The van der Waals surface area contributed by atoms with E-state index in [-0.39, 0.29) is 0 Å². The lowest BCUT2D eigenvalue weighted by atomic mass is 10.0. The highest BCUT2D eigenvalue weighted by Crippen LogP contribution is 2.11. The van der Waals surface area contributed by atoms with Crippen LogP contribution in [0, 0.1) is 0 Å². The summed E-state index contributed by atoms with van der Waals surface area (Å²) in [5.41, 5.74) is 1.48. The largest absolute Gasteiger partial charge is 0.502 e. The van der Waals surface area contributed by atoms with E-state index in [1.807, 2.05) is 0 Å². The van der Waals surface area contributed by atoms with Crippen molar-refractivity contribution in [2.24, 2.45) is 0 Å². The van der Waals surface area contributed by atoms with Crippen molar-refractivity contribution in [3.8, 4) is 0 Å². The molecule has 1 heteroatoms. The lowest BCUT2D eigenvalue weighted by Gasteiger charge is -2.03. The Bertz CT molecular complexity index is 305. The number of unbranched alkanes of at least 4 members (excludes halogenated alkanes) is 7. The first-order chi connectivity index (χ1) is 9.43. The molecule has 106 valence electrons. The Labute approximate surface area is 118 Å². The molecule has 0 unspecified atom stereocenters. The summed E-state index contributed by atoms with van der Waals surface area (Å²) in [6.07, 6.45) is 13.4. The van der Waals surface area contributed by atoms with Crippen LogP contribution in [0.1, 0.15) is 56.9 Å². The van der Waals surface area contributed by atoms with Crippen LogP contribution in [0.3, 0.4) is 0 Å². The van der Waals surface area contributed by atoms with E-state index in [1.165, 1.54) is 69.6 Å². The number of hydrogen-bond acceptors (Lipinski definition) is 1. The molecule has 1 aromatic carbocycles. The lowest BCUT2D eigenvalue weighted by Crippen LogP contribution is -1.88. The standard InChI is InChI=1S/C18H28O/c1-2-19-17-13-8-6-4-3-5-7-10-14-18-15-11-9-12-16-18/h2,9,11-12,15-16H,1,3-8,10,13-14,17H2. The zero-order chi connectivity index (χ0) is 13.6. The molecule has 0 aliphatic rings. The maximum atomic E-state index is 5.10. The van der Waals surface area contributed by atoms with Gasteiger partial charge in [-0.3, -0.25) is 0 Å². The van der Waals surface area contributed by atoms with Crippen molar-refractivity contribution < 1.29 is 4.74 Å². The zero-order valence-corrected chi connectivity index (χ0v) is 12.2. The number of hydrogen-bond donors (Lipinski definition) is 0. The number of aryl methyl sites for hydroxylation is 1. The van der Waals surface area contributed by atoms with Gasteiger partial charge < -0.3 is 4.74 Å². The van der Waals surface area contributed by atoms with Gasteiger partial charge in [-0.25, -0.2) is 0 Å². The van der Waals surface area contributed by atoms with E-state index in [4.69, 9.17) is 4.74 Å². The highest BCUT2D eigenvalue weighted by atomic mass is 16.5. The van der Waals surface area contributed by atoms with Crippen molar-refractivity contribution >= 4 is 0 Å². The molecule has 0 heterocycles. The Hall–Kier alpha value is -1.24. The minimum absolute atomic E-state index is 0.834. The molecule has 0 bridgehead atoms. The fourth-order valence-corrected chi connectivity index (χ4v) is 2.30. The molecule has 0 aliphatic carbocycles. The van der Waals surface area contributed by atoms with Gasteiger partial charge in [-0.1, -0.05) is 75.4 Å². The van der Waals surface area contributed by atoms with Crippen LogP contribution in [0.2, 0.25) is 0 Å². The molecule has 0 N–H and O–H groups in total. The van der Waals surface area contributed by atoms with E-state index >= 15 is 0 Å². The average molecular weight is 260 g/mol. The van der Waals surface area contributed by atoms with Crippen LogP contribution in [-0.2, 0) is 11.2 Å². The molecular weight excluding hydrogens is 232 g/mol. The first kappa shape index (κ1) is 15.8. The maximum Gasteiger partial charge on any atom is 0.0873 e. The van der Waals surface area contributed by atoms with Gasteiger partial charge in [0.05, 0.1) is 12.9 Å². The van der Waals surface area contributed by atoms with Gasteiger partial charge in [0.1, 0.15) is 0 Å². The molecule has 19 heavy (non-hydrogen) atoms. The van der Waals surface area contributed by atoms with Gasteiger partial charge in [0, 0.05) is 0 Å². The number of ether oxygens (including phenoxy) is 1. The van der Waals surface area contributed by atoms with Crippen LogP contribution in [0.15, 0.2) is 43.2 Å². The summed E-state index contributed by atoms with van der Waals surface area (Å²) < 4.78 is 5.10. The van der Waals surface area contributed by atoms with Crippen LogP contribution < -0.4 is 0 Å². The first-order valence-electron chi connectivity index (χ1n) is 7.70. The van der Waals surface area contributed by atoms with E-state index in [0.29, 0.717) is 0 Å². The highest BCUT2D eigenvalue weighted by Gasteiger charge is 1.94. The first-order valence-corrected chi connectivity index (χ1v) is 7.70. The number of rotatable bonds is 12. The zero-order valence-electron chi connectivity index (χ0n) is 12.2. The summed E-state index contributed by atoms with van der Waals surface area (Å²) in [4.78, 5) is 0. The fourth-order valence-electron chi connectivity index (χ4n) is 2.30. The van der Waals surface area contributed by atoms with Gasteiger partial charge in [0.2, 0.25) is 0 Å². The molecule has 1 rings (SSSR count). The van der Waals surface area contributed by atoms with Gasteiger partial charge in [-0.2, -0.15) is 0 Å². The van der Waals surface area contributed by atoms with Crippen molar-refractivity contribution in [2.45, 2.75) is 57.8 Å². The Balaban J connectivity index is 1.80. The van der Waals surface area contributed by atoms with Gasteiger partial charge in [-0.05, 0) is 24.8 Å². The second-order valence-electron chi connectivity index (χ2n) is 5.10. The minimum Gasteiger partial charge on any atom is -0.502 e. The number of benzene rings is 1. The normalized spacial score (nSPS) is 10.3. The second kappa shape index (κ2) is 11.8. The molecule has 1 nitrogen and oxygen atoms in total. The molecule has 0 spiro atoms. The molecule has 0 aromatic heterocycles. The van der Waals surface area contributed by atoms with Gasteiger partial charge in [0.15, 0.2) is 0 Å². The van der Waals surface area contributed by atoms with E-state index in [2.05, 4.69) is 36.9 Å². The van der Waals surface area contributed by atoms with E-state index in [9.17, 15) is 0 Å². The van der Waals surface area contributed by atoms with E-state index in [1.54, 1.807) is 0 Å². The third kappa shape index (κ3) is 9.35. The molecule has 0 saturated heterocycles. The van der Waals surface area contributed by atoms with Crippen LogP contribution in [0.4, 0.5) is 0 Å². The van der Waals surface area contributed by atoms with Crippen LogP contribution >= 0.6 is 0 Å². The third-order valence-corrected chi connectivity index (χ3v) is 3.44. The molecule has 0 saturated carbocycles. The molecule has 0 aliphatic heterocycles. The summed E-state index contributed by atoms with van der Waals surface area (Å²) in [6.45, 7) is 4.37. The van der Waals surface area contributed by atoms with E-state index in [0.717, 1.165) is 6.61 Å². The second-order valence-corrected chi connectivity index (χ2v) is 5.10. The average Bonchev–Trinajstić information content (AvgIpc) is 2.46. The lowest BCUT2D eigenvalue weighted by molar-refractivity contribution is 0.241. The van der Waals surface area contributed by atoms with Gasteiger partial charge in [0.25, 0.3) is 0 Å². The maximum absolute atomic E-state index is 5.10. The highest BCUT2D eigenvalue weighted by molar-refractivity contribution is 5.14. The summed E-state index contributed by atoms with van der Waals surface area (Å²) in [5, 5.41) is 0. The van der Waals surface area contributed by atoms with Gasteiger partial charge >= 0.3 is 0 Å². The topological polar surface area (TPSA) is 9.23 Å². The Morgan fingerprint density at radius 2 is 1.37 bits per heavy atom. The Kier molecular flexibility index (Phi) is 9.85. The Morgan fingerprint density at radius 1 is 0.789 bits per heavy atom. The summed E-state index contributed by atoms with van der Waals surface area (Å²) in [6, 6.07) is 10.8. The fraction of sp³-hybridized carbons (Fsp3) is 0.556. The molecular formula is C18H28O. The van der Waals surface area contributed by atoms with Crippen molar-refractivity contribution in [1.82, 2.24) is 0 Å². The molecule has 0 atom stereocenters. The smallest absolute Gasteiger partial charge is 0.0873 e. The van der Waals surface area contributed by atoms with Crippen LogP contribution in [-0.4, -0.2) is 6.61 Å². The predicted molar refractivity (Wildman–Crippen MR) is 83.2 cm³/mol. The van der Waals surface area contributed by atoms with E-state index < -0.39 is 0 Å². The summed E-state index contributed by atoms with van der Waals surface area (Å²) in [5.74, 6) is 0. The molecule has 0 amide bonds. The van der Waals surface area contributed by atoms with Crippen molar-refractivity contribution in [3.05, 3.63) is 48.7 Å². The predicted octanol–water partition coefficient (Wildman–Crippen LogP) is 5.51. The molecule has 0 fully saturated rings. The van der Waals surface area contributed by atoms with Crippen molar-refractivity contribution in [1.29, 1.82) is 0 Å². The molecule has 1 aromatic rings.